The molecule has 0 aliphatic rings. The molecule has 0 unspecified atom stereocenters. The second-order valence-electron chi connectivity index (χ2n) is 7.70. The van der Waals surface area contributed by atoms with E-state index in [1.165, 1.54) is 10.8 Å². The molecular weight excluding hydrogens is 398 g/mol. The van der Waals surface area contributed by atoms with E-state index in [4.69, 9.17) is 25.8 Å². The Bertz CT molecular complexity index is 988. The van der Waals surface area contributed by atoms with Crippen molar-refractivity contribution in [2.45, 2.75) is 33.4 Å². The Kier molecular flexibility index (Phi) is 7.83. The van der Waals surface area contributed by atoms with E-state index >= 15 is 0 Å². The molecule has 0 aliphatic carbocycles. The lowest BCUT2D eigenvalue weighted by Gasteiger charge is -2.16. The van der Waals surface area contributed by atoms with Gasteiger partial charge in [0, 0.05) is 29.7 Å². The Balaban J connectivity index is 1.79. The first-order chi connectivity index (χ1) is 14.5. The van der Waals surface area contributed by atoms with Crippen molar-refractivity contribution < 1.29 is 14.2 Å². The van der Waals surface area contributed by atoms with Gasteiger partial charge in [-0.2, -0.15) is 0 Å². The molecule has 3 aromatic rings. The number of methoxy groups -OCH3 is 2. The monoisotopic (exact) mass is 427 g/mol. The van der Waals surface area contributed by atoms with Crippen LogP contribution in [0.2, 0.25) is 5.02 Å². The summed E-state index contributed by atoms with van der Waals surface area (Å²) in [6.07, 6.45) is 1.03. The van der Waals surface area contributed by atoms with Crippen molar-refractivity contribution in [2.24, 2.45) is 5.92 Å². The summed E-state index contributed by atoms with van der Waals surface area (Å²) in [5.41, 5.74) is 2.12. The Labute approximate surface area is 184 Å². The van der Waals surface area contributed by atoms with Gasteiger partial charge in [0.25, 0.3) is 0 Å². The van der Waals surface area contributed by atoms with E-state index < -0.39 is 0 Å². The molecule has 5 heteroatoms. The van der Waals surface area contributed by atoms with Crippen LogP contribution in [0.1, 0.15) is 31.4 Å². The molecule has 0 saturated heterocycles. The molecule has 4 nitrogen and oxygen atoms in total. The fourth-order valence-electron chi connectivity index (χ4n) is 3.39. The predicted molar refractivity (Wildman–Crippen MR) is 124 cm³/mol. The second kappa shape index (κ2) is 10.6. The lowest BCUT2D eigenvalue weighted by Crippen LogP contribution is -2.15. The van der Waals surface area contributed by atoms with Crippen LogP contribution in [-0.4, -0.2) is 20.8 Å². The zero-order valence-corrected chi connectivity index (χ0v) is 18.9. The summed E-state index contributed by atoms with van der Waals surface area (Å²) in [5, 5.41) is 6.57. The first-order valence-corrected chi connectivity index (χ1v) is 10.7. The van der Waals surface area contributed by atoms with E-state index in [-0.39, 0.29) is 0 Å². The van der Waals surface area contributed by atoms with Gasteiger partial charge in [0.05, 0.1) is 20.8 Å². The molecule has 3 aromatic carbocycles. The summed E-state index contributed by atoms with van der Waals surface area (Å²) >= 11 is 6.44. The molecule has 3 rings (SSSR count). The molecule has 0 radical (unpaired) electrons. The summed E-state index contributed by atoms with van der Waals surface area (Å²) in [4.78, 5) is 0. The van der Waals surface area contributed by atoms with Crippen LogP contribution in [0.3, 0.4) is 0 Å². The van der Waals surface area contributed by atoms with Crippen LogP contribution in [-0.2, 0) is 13.1 Å². The van der Waals surface area contributed by atoms with Crippen LogP contribution in [0.4, 0.5) is 0 Å². The van der Waals surface area contributed by atoms with Gasteiger partial charge in [-0.1, -0.05) is 55.8 Å². The van der Waals surface area contributed by atoms with E-state index in [0.29, 0.717) is 42.1 Å². The van der Waals surface area contributed by atoms with Crippen LogP contribution in [0, 0.1) is 5.92 Å². The normalized spacial score (nSPS) is 11.1. The second-order valence-corrected chi connectivity index (χ2v) is 8.10. The average molecular weight is 428 g/mol. The number of hydrogen-bond donors (Lipinski definition) is 1. The summed E-state index contributed by atoms with van der Waals surface area (Å²) in [6.45, 7) is 6.40. The molecule has 0 spiro atoms. The number of halogens is 1. The molecule has 0 bridgehead atoms. The third-order valence-corrected chi connectivity index (χ3v) is 5.47. The molecule has 0 amide bonds. The molecule has 0 fully saturated rings. The van der Waals surface area contributed by atoms with Crippen molar-refractivity contribution >= 4 is 22.4 Å². The molecule has 0 aliphatic heterocycles. The number of fused-ring (bicyclic) bond motifs is 1. The smallest absolute Gasteiger partial charge is 0.162 e. The van der Waals surface area contributed by atoms with E-state index in [0.717, 1.165) is 23.3 Å². The van der Waals surface area contributed by atoms with Gasteiger partial charge in [0.1, 0.15) is 5.75 Å². The van der Waals surface area contributed by atoms with Crippen molar-refractivity contribution in [1.29, 1.82) is 0 Å². The predicted octanol–water partition coefficient (Wildman–Crippen LogP) is 6.23. The van der Waals surface area contributed by atoms with Crippen molar-refractivity contribution in [2.75, 3.05) is 20.8 Å². The Hall–Kier alpha value is -2.43. The Morgan fingerprint density at radius 1 is 0.900 bits per heavy atom. The summed E-state index contributed by atoms with van der Waals surface area (Å²) in [6, 6.07) is 16.3. The standard InChI is InChI=1S/C25H30ClNO3/c1-17(2)11-12-30-23-10-9-18-7-5-6-8-20(18)21(23)16-27-15-19-13-24(28-3)25(29-4)14-22(19)26/h5-10,13-14,17,27H,11-12,15-16H2,1-4H3. The number of rotatable bonds is 10. The molecular formula is C25H30ClNO3. The maximum Gasteiger partial charge on any atom is 0.162 e. The average Bonchev–Trinajstić information content (AvgIpc) is 2.75. The van der Waals surface area contributed by atoms with Gasteiger partial charge in [-0.25, -0.2) is 0 Å². The Morgan fingerprint density at radius 2 is 1.63 bits per heavy atom. The van der Waals surface area contributed by atoms with Gasteiger partial charge < -0.3 is 19.5 Å². The number of hydrogen-bond acceptors (Lipinski definition) is 4. The van der Waals surface area contributed by atoms with Crippen LogP contribution in [0.5, 0.6) is 17.2 Å². The largest absolute Gasteiger partial charge is 0.493 e. The van der Waals surface area contributed by atoms with E-state index in [1.807, 2.05) is 6.07 Å². The van der Waals surface area contributed by atoms with Gasteiger partial charge in [-0.3, -0.25) is 0 Å². The quantitative estimate of drug-likeness (QED) is 0.416. The van der Waals surface area contributed by atoms with Gasteiger partial charge in [-0.05, 0) is 40.8 Å². The van der Waals surface area contributed by atoms with Crippen molar-refractivity contribution in [3.8, 4) is 17.2 Å². The zero-order chi connectivity index (χ0) is 21.5. The summed E-state index contributed by atoms with van der Waals surface area (Å²) in [5.74, 6) is 2.84. The number of nitrogens with one attached hydrogen (secondary N) is 1. The highest BCUT2D eigenvalue weighted by Gasteiger charge is 2.12. The first kappa shape index (κ1) is 22.3. The Morgan fingerprint density at radius 3 is 2.37 bits per heavy atom. The summed E-state index contributed by atoms with van der Waals surface area (Å²) < 4.78 is 16.9. The van der Waals surface area contributed by atoms with Crippen LogP contribution >= 0.6 is 11.6 Å². The molecule has 30 heavy (non-hydrogen) atoms. The van der Waals surface area contributed by atoms with Crippen molar-refractivity contribution in [1.82, 2.24) is 5.32 Å². The van der Waals surface area contributed by atoms with Crippen LogP contribution in [0.15, 0.2) is 48.5 Å². The molecule has 0 aromatic heterocycles. The van der Waals surface area contributed by atoms with Gasteiger partial charge in [0.2, 0.25) is 0 Å². The zero-order valence-electron chi connectivity index (χ0n) is 18.1. The lowest BCUT2D eigenvalue weighted by molar-refractivity contribution is 0.286. The van der Waals surface area contributed by atoms with Gasteiger partial charge in [-0.15, -0.1) is 0 Å². The molecule has 0 saturated carbocycles. The van der Waals surface area contributed by atoms with Gasteiger partial charge in [0.15, 0.2) is 11.5 Å². The topological polar surface area (TPSA) is 39.7 Å². The highest BCUT2D eigenvalue weighted by atomic mass is 35.5. The maximum atomic E-state index is 6.44. The minimum atomic E-state index is 0.605. The van der Waals surface area contributed by atoms with Crippen LogP contribution in [0.25, 0.3) is 10.8 Å². The third-order valence-electron chi connectivity index (χ3n) is 5.12. The van der Waals surface area contributed by atoms with Crippen molar-refractivity contribution in [3.63, 3.8) is 0 Å². The highest BCUT2D eigenvalue weighted by Crippen LogP contribution is 2.33. The van der Waals surface area contributed by atoms with E-state index in [1.54, 1.807) is 20.3 Å². The molecule has 160 valence electrons. The lowest BCUT2D eigenvalue weighted by atomic mass is 10.0. The van der Waals surface area contributed by atoms with E-state index in [2.05, 4.69) is 55.6 Å². The minimum Gasteiger partial charge on any atom is -0.493 e. The number of ether oxygens (including phenoxy) is 3. The molecule has 0 heterocycles. The molecule has 1 N–H and O–H groups in total. The fourth-order valence-corrected chi connectivity index (χ4v) is 3.61. The maximum absolute atomic E-state index is 6.44. The highest BCUT2D eigenvalue weighted by molar-refractivity contribution is 6.31. The van der Waals surface area contributed by atoms with Gasteiger partial charge >= 0.3 is 0 Å². The summed E-state index contributed by atoms with van der Waals surface area (Å²) in [7, 11) is 3.23. The molecule has 0 atom stereocenters. The minimum absolute atomic E-state index is 0.605. The fraction of sp³-hybridized carbons (Fsp3) is 0.360. The third kappa shape index (κ3) is 5.38. The van der Waals surface area contributed by atoms with E-state index in [9.17, 15) is 0 Å². The number of benzene rings is 3. The van der Waals surface area contributed by atoms with Crippen molar-refractivity contribution in [3.05, 3.63) is 64.7 Å². The first-order valence-electron chi connectivity index (χ1n) is 10.3. The SMILES string of the molecule is COc1cc(Cl)c(CNCc2c(OCCC(C)C)ccc3ccccc23)cc1OC. The van der Waals surface area contributed by atoms with Crippen LogP contribution < -0.4 is 19.5 Å².